The molecule has 2 N–H and O–H groups in total. The van der Waals surface area contributed by atoms with Crippen LogP contribution in [-0.4, -0.2) is 42.7 Å². The minimum absolute atomic E-state index is 0.0293. The van der Waals surface area contributed by atoms with Gasteiger partial charge in [-0.3, -0.25) is 9.08 Å². The highest BCUT2D eigenvalue weighted by Crippen LogP contribution is 2.42. The number of halogens is 1. The number of ether oxygens (including phenoxy) is 2. The third kappa shape index (κ3) is 2.30. The summed E-state index contributed by atoms with van der Waals surface area (Å²) in [7, 11) is 1.74. The molecule has 4 aromatic rings. The fourth-order valence-electron chi connectivity index (χ4n) is 4.30. The van der Waals surface area contributed by atoms with Crippen molar-refractivity contribution in [2.75, 3.05) is 18.5 Å². The normalized spacial score (nSPS) is 17.2. The molecule has 0 saturated heterocycles. The van der Waals surface area contributed by atoms with Crippen LogP contribution in [0.25, 0.3) is 16.9 Å². The molecule has 3 aromatic heterocycles. The zero-order valence-electron chi connectivity index (χ0n) is 16.0. The summed E-state index contributed by atoms with van der Waals surface area (Å²) in [5.41, 5.74) is 3.06. The second kappa shape index (κ2) is 6.09. The fourth-order valence-corrected chi connectivity index (χ4v) is 4.30. The Labute approximate surface area is 169 Å². The number of aromatic hydroxyl groups is 1. The maximum absolute atomic E-state index is 14.7. The van der Waals surface area contributed by atoms with Crippen LogP contribution in [0, 0.1) is 5.82 Å². The van der Waals surface area contributed by atoms with Crippen LogP contribution in [0.5, 0.6) is 17.2 Å². The third-order valence-corrected chi connectivity index (χ3v) is 5.69. The molecule has 0 amide bonds. The van der Waals surface area contributed by atoms with Crippen LogP contribution in [0.1, 0.15) is 17.0 Å². The SMILES string of the molecule is Cn1ncc(O)c1-c1cc2c(n3cnnc13)NCc1c(F)ccc3c1[C@H](CO3)CO2. The van der Waals surface area contributed by atoms with Gasteiger partial charge in [-0.05, 0) is 18.2 Å². The van der Waals surface area contributed by atoms with Gasteiger partial charge in [0.1, 0.15) is 23.6 Å². The summed E-state index contributed by atoms with van der Waals surface area (Å²) in [6.45, 7) is 1.02. The van der Waals surface area contributed by atoms with Gasteiger partial charge in [0.05, 0.1) is 30.9 Å². The van der Waals surface area contributed by atoms with Crippen molar-refractivity contribution in [3.05, 3.63) is 47.7 Å². The van der Waals surface area contributed by atoms with Gasteiger partial charge < -0.3 is 19.9 Å². The van der Waals surface area contributed by atoms with Gasteiger partial charge in [-0.2, -0.15) is 5.10 Å². The highest BCUT2D eigenvalue weighted by atomic mass is 19.1. The Hall–Kier alpha value is -3.82. The zero-order valence-corrected chi connectivity index (χ0v) is 16.0. The second-order valence-corrected chi connectivity index (χ2v) is 7.41. The summed E-state index contributed by atoms with van der Waals surface area (Å²) in [5.74, 6) is 1.52. The molecule has 30 heavy (non-hydrogen) atoms. The van der Waals surface area contributed by atoms with Crippen molar-refractivity contribution in [3.8, 4) is 28.5 Å². The lowest BCUT2D eigenvalue weighted by atomic mass is 9.96. The summed E-state index contributed by atoms with van der Waals surface area (Å²) in [6.07, 6.45) is 2.93. The van der Waals surface area contributed by atoms with Crippen molar-refractivity contribution in [3.63, 3.8) is 0 Å². The Bertz CT molecular complexity index is 1290. The minimum atomic E-state index is -0.281. The number of aromatic nitrogens is 5. The number of fused-ring (bicyclic) bond motifs is 3. The molecule has 6 rings (SSSR count). The summed E-state index contributed by atoms with van der Waals surface area (Å²) in [5, 5.41) is 26.0. The quantitative estimate of drug-likeness (QED) is 0.499. The Kier molecular flexibility index (Phi) is 3.46. The van der Waals surface area contributed by atoms with Gasteiger partial charge in [0.2, 0.25) is 0 Å². The van der Waals surface area contributed by atoms with Crippen LogP contribution >= 0.6 is 0 Å². The topological polar surface area (TPSA) is 98.7 Å². The molecule has 0 radical (unpaired) electrons. The number of pyridine rings is 1. The Balaban J connectivity index is 1.54. The average molecular weight is 408 g/mol. The van der Waals surface area contributed by atoms with E-state index in [2.05, 4.69) is 20.6 Å². The summed E-state index contributed by atoms with van der Waals surface area (Å²) < 4.78 is 29.9. The number of benzene rings is 1. The van der Waals surface area contributed by atoms with E-state index in [1.165, 1.54) is 12.3 Å². The first kappa shape index (κ1) is 17.1. The molecule has 10 heteroatoms. The van der Waals surface area contributed by atoms with Gasteiger partial charge in [-0.15, -0.1) is 10.2 Å². The maximum Gasteiger partial charge on any atom is 0.172 e. The van der Waals surface area contributed by atoms with Crippen molar-refractivity contribution in [1.29, 1.82) is 0 Å². The van der Waals surface area contributed by atoms with Crippen LogP contribution in [0.15, 0.2) is 30.7 Å². The average Bonchev–Trinajstić information content (AvgIpc) is 3.45. The maximum atomic E-state index is 14.7. The van der Waals surface area contributed by atoms with Crippen molar-refractivity contribution in [1.82, 2.24) is 24.4 Å². The Morgan fingerprint density at radius 3 is 2.87 bits per heavy atom. The molecule has 2 aliphatic rings. The molecule has 0 unspecified atom stereocenters. The molecule has 1 aromatic carbocycles. The number of anilines is 1. The number of nitrogens with zero attached hydrogens (tertiary/aromatic N) is 5. The summed E-state index contributed by atoms with van der Waals surface area (Å²) >= 11 is 0. The molecule has 9 nitrogen and oxygen atoms in total. The molecular formula is C20H17FN6O3. The number of aryl methyl sites for hydroxylation is 1. The van der Waals surface area contributed by atoms with Crippen LogP contribution in [0.4, 0.5) is 10.2 Å². The molecule has 5 heterocycles. The van der Waals surface area contributed by atoms with Gasteiger partial charge in [0.25, 0.3) is 0 Å². The first-order chi connectivity index (χ1) is 14.6. The van der Waals surface area contributed by atoms with Crippen LogP contribution < -0.4 is 14.8 Å². The molecular weight excluding hydrogens is 391 g/mol. The molecule has 0 bridgehead atoms. The predicted octanol–water partition coefficient (Wildman–Crippen LogP) is 2.46. The van der Waals surface area contributed by atoms with Crippen LogP contribution in [0.3, 0.4) is 0 Å². The third-order valence-electron chi connectivity index (χ3n) is 5.69. The van der Waals surface area contributed by atoms with Gasteiger partial charge in [-0.1, -0.05) is 0 Å². The van der Waals surface area contributed by atoms with Crippen LogP contribution in [0.2, 0.25) is 0 Å². The molecule has 0 saturated carbocycles. The van der Waals surface area contributed by atoms with Crippen molar-refractivity contribution >= 4 is 11.5 Å². The van der Waals surface area contributed by atoms with E-state index in [0.29, 0.717) is 53.0 Å². The minimum Gasteiger partial charge on any atom is -0.504 e. The van der Waals surface area contributed by atoms with Crippen molar-refractivity contribution in [2.45, 2.75) is 12.5 Å². The molecule has 1 atom stereocenters. The first-order valence-electron chi connectivity index (χ1n) is 9.50. The van der Waals surface area contributed by atoms with E-state index in [1.807, 2.05) is 0 Å². The Morgan fingerprint density at radius 2 is 2.07 bits per heavy atom. The van der Waals surface area contributed by atoms with Gasteiger partial charge in [0, 0.05) is 24.7 Å². The molecule has 152 valence electrons. The highest BCUT2D eigenvalue weighted by molar-refractivity contribution is 5.82. The predicted molar refractivity (Wildman–Crippen MR) is 104 cm³/mol. The van der Waals surface area contributed by atoms with E-state index >= 15 is 0 Å². The lowest BCUT2D eigenvalue weighted by Crippen LogP contribution is -2.13. The van der Waals surface area contributed by atoms with Crippen LogP contribution in [-0.2, 0) is 13.6 Å². The van der Waals surface area contributed by atoms with E-state index in [4.69, 9.17) is 9.47 Å². The van der Waals surface area contributed by atoms with Gasteiger partial charge >= 0.3 is 0 Å². The van der Waals surface area contributed by atoms with Gasteiger partial charge in [0.15, 0.2) is 23.0 Å². The molecule has 0 spiro atoms. The highest BCUT2D eigenvalue weighted by Gasteiger charge is 2.32. The summed E-state index contributed by atoms with van der Waals surface area (Å²) in [6, 6.07) is 4.90. The smallest absolute Gasteiger partial charge is 0.172 e. The first-order valence-corrected chi connectivity index (χ1v) is 9.50. The largest absolute Gasteiger partial charge is 0.504 e. The standard InChI is InChI=1S/C20H17FN6O3/c1-26-18(14(28)6-24-26)11-4-16-20(27-9-23-25-19(11)27)22-5-12-13(21)2-3-15-17(12)10(7-29-15)8-30-16/h2-4,6,9-10,22,28H,5,7-8H2,1H3/t10-/m1/s1. The summed E-state index contributed by atoms with van der Waals surface area (Å²) in [4.78, 5) is 0. The molecule has 2 aliphatic heterocycles. The number of nitrogens with one attached hydrogen (secondary N) is 1. The van der Waals surface area contributed by atoms with Crippen molar-refractivity contribution < 1.29 is 19.0 Å². The van der Waals surface area contributed by atoms with Gasteiger partial charge in [-0.25, -0.2) is 4.39 Å². The lowest BCUT2D eigenvalue weighted by Gasteiger charge is -2.16. The zero-order chi connectivity index (χ0) is 20.4. The van der Waals surface area contributed by atoms with E-state index in [1.54, 1.807) is 34.6 Å². The molecule has 0 fully saturated rings. The van der Waals surface area contributed by atoms with E-state index in [9.17, 15) is 9.50 Å². The fraction of sp³-hybridized carbons (Fsp3) is 0.250. The number of hydrogen-bond donors (Lipinski definition) is 2. The number of rotatable bonds is 1. The van der Waals surface area contributed by atoms with E-state index in [0.717, 1.165) is 5.56 Å². The van der Waals surface area contributed by atoms with E-state index in [-0.39, 0.29) is 24.0 Å². The van der Waals surface area contributed by atoms with E-state index < -0.39 is 0 Å². The van der Waals surface area contributed by atoms with Crippen molar-refractivity contribution in [2.24, 2.45) is 7.05 Å². The Morgan fingerprint density at radius 1 is 1.23 bits per heavy atom. The molecule has 0 aliphatic carbocycles. The number of hydrogen-bond acceptors (Lipinski definition) is 7. The lowest BCUT2D eigenvalue weighted by molar-refractivity contribution is 0.249. The second-order valence-electron chi connectivity index (χ2n) is 7.41. The monoisotopic (exact) mass is 408 g/mol.